The van der Waals surface area contributed by atoms with E-state index in [1.807, 2.05) is 6.92 Å². The van der Waals surface area contributed by atoms with Crippen LogP contribution in [-0.4, -0.2) is 16.0 Å². The van der Waals surface area contributed by atoms with Crippen molar-refractivity contribution >= 4 is 17.4 Å². The van der Waals surface area contributed by atoms with Gasteiger partial charge in [0.2, 0.25) is 0 Å². The summed E-state index contributed by atoms with van der Waals surface area (Å²) in [6.45, 7) is 8.44. The molecule has 1 aromatic heterocycles. The van der Waals surface area contributed by atoms with E-state index in [1.165, 1.54) is 32.1 Å². The summed E-state index contributed by atoms with van der Waals surface area (Å²) in [5.41, 5.74) is 0.957. The number of hydrogen-bond acceptors (Lipinski definition) is 3. The molecule has 0 aromatic carbocycles. The second-order valence-corrected chi connectivity index (χ2v) is 6.69. The first kappa shape index (κ1) is 15.6. The van der Waals surface area contributed by atoms with E-state index >= 15 is 0 Å². The number of anilines is 1. The molecule has 0 radical (unpaired) electrons. The van der Waals surface area contributed by atoms with Crippen LogP contribution in [0.25, 0.3) is 0 Å². The minimum atomic E-state index is 0.290. The Bertz CT molecular complexity index is 453. The highest BCUT2D eigenvalue weighted by molar-refractivity contribution is 6.30. The van der Waals surface area contributed by atoms with Gasteiger partial charge >= 0.3 is 0 Å². The van der Waals surface area contributed by atoms with Gasteiger partial charge in [0.1, 0.15) is 16.8 Å². The smallest absolute Gasteiger partial charge is 0.137 e. The van der Waals surface area contributed by atoms with Crippen LogP contribution in [0.5, 0.6) is 0 Å². The summed E-state index contributed by atoms with van der Waals surface area (Å²) >= 11 is 6.24. The summed E-state index contributed by atoms with van der Waals surface area (Å²) in [6, 6.07) is 0.444. The molecule has 1 fully saturated rings. The SMILES string of the molecule is Cc1c(Cl)nc(C(C)C)nc1NC(C)C1CCCCC1. The molecule has 1 N–H and O–H groups in total. The van der Waals surface area contributed by atoms with Gasteiger partial charge in [-0.25, -0.2) is 9.97 Å². The molecule has 0 amide bonds. The fraction of sp³-hybridized carbons (Fsp3) is 0.750. The summed E-state index contributed by atoms with van der Waals surface area (Å²) < 4.78 is 0. The van der Waals surface area contributed by atoms with Crippen molar-refractivity contribution in [3.63, 3.8) is 0 Å². The van der Waals surface area contributed by atoms with Crippen molar-refractivity contribution in [3.8, 4) is 0 Å². The zero-order valence-corrected chi connectivity index (χ0v) is 13.8. The zero-order valence-electron chi connectivity index (χ0n) is 13.0. The van der Waals surface area contributed by atoms with E-state index in [4.69, 9.17) is 11.6 Å². The van der Waals surface area contributed by atoms with Gasteiger partial charge < -0.3 is 5.32 Å². The van der Waals surface area contributed by atoms with E-state index in [-0.39, 0.29) is 0 Å². The predicted molar refractivity (Wildman–Crippen MR) is 85.5 cm³/mol. The summed E-state index contributed by atoms with van der Waals surface area (Å²) in [5.74, 6) is 2.77. The van der Waals surface area contributed by atoms with Crippen molar-refractivity contribution in [1.82, 2.24) is 9.97 Å². The number of nitrogens with zero attached hydrogens (tertiary/aromatic N) is 2. The third-order valence-corrected chi connectivity index (χ3v) is 4.71. The van der Waals surface area contributed by atoms with E-state index in [1.54, 1.807) is 0 Å². The molecular weight excluding hydrogens is 270 g/mol. The van der Waals surface area contributed by atoms with Gasteiger partial charge in [-0.05, 0) is 32.6 Å². The van der Waals surface area contributed by atoms with E-state index in [2.05, 4.69) is 36.1 Å². The lowest BCUT2D eigenvalue weighted by atomic mass is 9.84. The Balaban J connectivity index is 2.15. The molecule has 1 aromatic rings. The number of rotatable bonds is 4. The van der Waals surface area contributed by atoms with Gasteiger partial charge in [0.25, 0.3) is 0 Å². The maximum absolute atomic E-state index is 6.24. The summed E-state index contributed by atoms with van der Waals surface area (Å²) in [7, 11) is 0. The first-order valence-electron chi connectivity index (χ1n) is 7.79. The molecule has 1 unspecified atom stereocenters. The van der Waals surface area contributed by atoms with Crippen molar-refractivity contribution < 1.29 is 0 Å². The maximum Gasteiger partial charge on any atom is 0.137 e. The normalized spacial score (nSPS) is 18.3. The first-order valence-corrected chi connectivity index (χ1v) is 8.17. The van der Waals surface area contributed by atoms with Crippen molar-refractivity contribution in [2.24, 2.45) is 5.92 Å². The average Bonchev–Trinajstić information content (AvgIpc) is 2.44. The second kappa shape index (κ2) is 6.75. The van der Waals surface area contributed by atoms with E-state index in [0.717, 1.165) is 23.1 Å². The number of hydrogen-bond donors (Lipinski definition) is 1. The van der Waals surface area contributed by atoms with Gasteiger partial charge in [-0.2, -0.15) is 0 Å². The van der Waals surface area contributed by atoms with Crippen LogP contribution < -0.4 is 5.32 Å². The topological polar surface area (TPSA) is 37.8 Å². The third-order valence-electron chi connectivity index (χ3n) is 4.34. The second-order valence-electron chi connectivity index (χ2n) is 6.33. The third kappa shape index (κ3) is 3.63. The number of aromatic nitrogens is 2. The molecule has 0 bridgehead atoms. The molecule has 0 saturated heterocycles. The summed E-state index contributed by atoms with van der Waals surface area (Å²) in [4.78, 5) is 9.03. The van der Waals surface area contributed by atoms with Gasteiger partial charge in [0.05, 0.1) is 0 Å². The van der Waals surface area contributed by atoms with Crippen LogP contribution in [0.2, 0.25) is 5.15 Å². The lowest BCUT2D eigenvalue weighted by molar-refractivity contribution is 0.328. The molecule has 0 aliphatic heterocycles. The minimum absolute atomic E-state index is 0.290. The molecule has 112 valence electrons. The Hall–Kier alpha value is -0.830. The molecule has 1 aliphatic rings. The Kier molecular flexibility index (Phi) is 5.25. The Morgan fingerprint density at radius 1 is 1.10 bits per heavy atom. The number of halogens is 1. The van der Waals surface area contributed by atoms with Crippen LogP contribution in [0.1, 0.15) is 70.2 Å². The molecule has 20 heavy (non-hydrogen) atoms. The highest BCUT2D eigenvalue weighted by Crippen LogP contribution is 2.29. The van der Waals surface area contributed by atoms with Crippen molar-refractivity contribution in [1.29, 1.82) is 0 Å². The van der Waals surface area contributed by atoms with Gasteiger partial charge in [-0.15, -0.1) is 0 Å². The van der Waals surface area contributed by atoms with Crippen molar-refractivity contribution in [2.45, 2.75) is 71.8 Å². The lowest BCUT2D eigenvalue weighted by Gasteiger charge is -2.29. The maximum atomic E-state index is 6.24. The average molecular weight is 296 g/mol. The molecule has 1 saturated carbocycles. The highest BCUT2D eigenvalue weighted by Gasteiger charge is 2.21. The van der Waals surface area contributed by atoms with Crippen molar-refractivity contribution in [3.05, 3.63) is 16.5 Å². The molecular formula is C16H26ClN3. The molecule has 4 heteroatoms. The van der Waals surface area contributed by atoms with Crippen LogP contribution in [-0.2, 0) is 0 Å². The fourth-order valence-electron chi connectivity index (χ4n) is 2.87. The van der Waals surface area contributed by atoms with Crippen LogP contribution in [0.4, 0.5) is 5.82 Å². The van der Waals surface area contributed by atoms with Crippen LogP contribution in [0, 0.1) is 12.8 Å². The molecule has 3 nitrogen and oxygen atoms in total. The van der Waals surface area contributed by atoms with Crippen molar-refractivity contribution in [2.75, 3.05) is 5.32 Å². The first-order chi connectivity index (χ1) is 9.49. The minimum Gasteiger partial charge on any atom is -0.367 e. The van der Waals surface area contributed by atoms with Crippen LogP contribution in [0.15, 0.2) is 0 Å². The molecule has 1 atom stereocenters. The fourth-order valence-corrected chi connectivity index (χ4v) is 3.05. The Morgan fingerprint density at radius 3 is 2.35 bits per heavy atom. The summed E-state index contributed by atoms with van der Waals surface area (Å²) in [5, 5.41) is 4.15. The molecule has 1 heterocycles. The summed E-state index contributed by atoms with van der Waals surface area (Å²) in [6.07, 6.45) is 6.75. The standard InChI is InChI=1S/C16H26ClN3/c1-10(2)15-19-14(17)11(3)16(20-15)18-12(4)13-8-6-5-7-9-13/h10,12-13H,5-9H2,1-4H3,(H,18,19,20). The van der Waals surface area contributed by atoms with Gasteiger partial charge in [0, 0.05) is 17.5 Å². The highest BCUT2D eigenvalue weighted by atomic mass is 35.5. The lowest BCUT2D eigenvalue weighted by Crippen LogP contribution is -2.28. The molecule has 1 aliphatic carbocycles. The van der Waals surface area contributed by atoms with Gasteiger partial charge in [-0.1, -0.05) is 44.7 Å². The Morgan fingerprint density at radius 2 is 1.75 bits per heavy atom. The Labute approximate surface area is 127 Å². The van der Waals surface area contributed by atoms with E-state index < -0.39 is 0 Å². The largest absolute Gasteiger partial charge is 0.367 e. The molecule has 2 rings (SSSR count). The van der Waals surface area contributed by atoms with Crippen LogP contribution >= 0.6 is 11.6 Å². The number of nitrogens with one attached hydrogen (secondary N) is 1. The van der Waals surface area contributed by atoms with E-state index in [0.29, 0.717) is 17.1 Å². The molecule has 0 spiro atoms. The predicted octanol–water partition coefficient (Wildman–Crippen LogP) is 4.94. The zero-order chi connectivity index (χ0) is 14.7. The quantitative estimate of drug-likeness (QED) is 0.799. The monoisotopic (exact) mass is 295 g/mol. The van der Waals surface area contributed by atoms with Gasteiger partial charge in [0.15, 0.2) is 0 Å². The van der Waals surface area contributed by atoms with Crippen LogP contribution in [0.3, 0.4) is 0 Å². The van der Waals surface area contributed by atoms with Gasteiger partial charge in [-0.3, -0.25) is 0 Å². The van der Waals surface area contributed by atoms with E-state index in [9.17, 15) is 0 Å².